The van der Waals surface area contributed by atoms with Crippen LogP contribution >= 0.6 is 0 Å². The first-order valence-corrected chi connectivity index (χ1v) is 6.47. The lowest BCUT2D eigenvalue weighted by molar-refractivity contribution is 0.102. The number of nitrogens with zero attached hydrogens (tertiary/aromatic N) is 1. The molecule has 0 aliphatic rings. The highest BCUT2D eigenvalue weighted by atomic mass is 16.1. The summed E-state index contributed by atoms with van der Waals surface area (Å²) in [5.74, 6) is 0.487. The lowest BCUT2D eigenvalue weighted by Crippen LogP contribution is -2.15. The van der Waals surface area contributed by atoms with Crippen molar-refractivity contribution >= 4 is 17.4 Å². The van der Waals surface area contributed by atoms with Gasteiger partial charge in [-0.2, -0.15) is 0 Å². The SMILES string of the molecule is Cc1cccc(NC(=O)c2ccnc(NCCN)c2)c1. The van der Waals surface area contributed by atoms with E-state index in [2.05, 4.69) is 15.6 Å². The van der Waals surface area contributed by atoms with Crippen molar-refractivity contribution in [2.24, 2.45) is 5.73 Å². The number of hydrogen-bond donors (Lipinski definition) is 3. The molecular formula is C15H18N4O. The molecular weight excluding hydrogens is 252 g/mol. The number of carbonyl (C=O) groups excluding carboxylic acids is 1. The number of aryl methyl sites for hydroxylation is 1. The molecule has 0 radical (unpaired) electrons. The number of anilines is 2. The van der Waals surface area contributed by atoms with E-state index in [9.17, 15) is 4.79 Å². The van der Waals surface area contributed by atoms with Crippen LogP contribution in [0.5, 0.6) is 0 Å². The lowest BCUT2D eigenvalue weighted by atomic mass is 10.2. The van der Waals surface area contributed by atoms with Gasteiger partial charge in [0.2, 0.25) is 0 Å². The predicted octanol–water partition coefficient (Wildman–Crippen LogP) is 2.01. The summed E-state index contributed by atoms with van der Waals surface area (Å²) >= 11 is 0. The Morgan fingerprint density at radius 1 is 1.30 bits per heavy atom. The van der Waals surface area contributed by atoms with E-state index in [1.54, 1.807) is 18.3 Å². The van der Waals surface area contributed by atoms with Crippen LogP contribution in [0.4, 0.5) is 11.5 Å². The Kier molecular flexibility index (Phi) is 4.68. The van der Waals surface area contributed by atoms with Gasteiger partial charge in [0.1, 0.15) is 5.82 Å². The van der Waals surface area contributed by atoms with Crippen LogP contribution in [0, 0.1) is 6.92 Å². The van der Waals surface area contributed by atoms with Gasteiger partial charge in [0.15, 0.2) is 0 Å². The molecule has 5 heteroatoms. The second-order valence-electron chi connectivity index (χ2n) is 4.47. The van der Waals surface area contributed by atoms with Crippen LogP contribution in [0.25, 0.3) is 0 Å². The first-order chi connectivity index (χ1) is 9.69. The van der Waals surface area contributed by atoms with Gasteiger partial charge in [0.05, 0.1) is 0 Å². The summed E-state index contributed by atoms with van der Waals surface area (Å²) in [5.41, 5.74) is 7.86. The summed E-state index contributed by atoms with van der Waals surface area (Å²) in [6, 6.07) is 11.1. The normalized spacial score (nSPS) is 10.1. The van der Waals surface area contributed by atoms with Crippen molar-refractivity contribution in [3.05, 3.63) is 53.7 Å². The van der Waals surface area contributed by atoms with E-state index >= 15 is 0 Å². The minimum absolute atomic E-state index is 0.159. The smallest absolute Gasteiger partial charge is 0.255 e. The highest BCUT2D eigenvalue weighted by Gasteiger charge is 2.07. The monoisotopic (exact) mass is 270 g/mol. The minimum atomic E-state index is -0.159. The molecule has 1 amide bonds. The van der Waals surface area contributed by atoms with Crippen LogP contribution in [0.3, 0.4) is 0 Å². The Bertz CT molecular complexity index is 598. The number of hydrogen-bond acceptors (Lipinski definition) is 4. The van der Waals surface area contributed by atoms with E-state index in [0.717, 1.165) is 11.3 Å². The van der Waals surface area contributed by atoms with Crippen LogP contribution in [0.1, 0.15) is 15.9 Å². The number of rotatable bonds is 5. The first-order valence-electron chi connectivity index (χ1n) is 6.47. The number of pyridine rings is 1. The van der Waals surface area contributed by atoms with Crippen molar-refractivity contribution in [3.8, 4) is 0 Å². The van der Waals surface area contributed by atoms with Crippen molar-refractivity contribution < 1.29 is 4.79 Å². The van der Waals surface area contributed by atoms with Crippen LogP contribution < -0.4 is 16.4 Å². The van der Waals surface area contributed by atoms with Crippen molar-refractivity contribution in [1.82, 2.24) is 4.98 Å². The summed E-state index contributed by atoms with van der Waals surface area (Å²) in [7, 11) is 0. The zero-order chi connectivity index (χ0) is 14.4. The third-order valence-corrected chi connectivity index (χ3v) is 2.75. The maximum absolute atomic E-state index is 12.2. The molecule has 0 bridgehead atoms. The van der Waals surface area contributed by atoms with Gasteiger partial charge in [-0.3, -0.25) is 4.79 Å². The molecule has 1 aromatic carbocycles. The molecule has 0 atom stereocenters. The van der Waals surface area contributed by atoms with Crippen molar-refractivity contribution in [1.29, 1.82) is 0 Å². The molecule has 1 aromatic heterocycles. The number of nitrogens with two attached hydrogens (primary N) is 1. The maximum atomic E-state index is 12.2. The fourth-order valence-electron chi connectivity index (χ4n) is 1.79. The second-order valence-corrected chi connectivity index (χ2v) is 4.47. The molecule has 0 spiro atoms. The average Bonchev–Trinajstić information content (AvgIpc) is 2.45. The third-order valence-electron chi connectivity index (χ3n) is 2.75. The predicted molar refractivity (Wildman–Crippen MR) is 80.9 cm³/mol. The van der Waals surface area contributed by atoms with E-state index in [4.69, 9.17) is 5.73 Å². The molecule has 0 unspecified atom stereocenters. The van der Waals surface area contributed by atoms with Crippen molar-refractivity contribution in [3.63, 3.8) is 0 Å². The minimum Gasteiger partial charge on any atom is -0.369 e. The molecule has 0 saturated heterocycles. The average molecular weight is 270 g/mol. The quantitative estimate of drug-likeness (QED) is 0.776. The van der Waals surface area contributed by atoms with Crippen LogP contribution in [-0.4, -0.2) is 24.0 Å². The molecule has 0 aliphatic carbocycles. The molecule has 2 rings (SSSR count). The van der Waals surface area contributed by atoms with Gasteiger partial charge in [-0.25, -0.2) is 4.98 Å². The fourth-order valence-corrected chi connectivity index (χ4v) is 1.79. The van der Waals surface area contributed by atoms with Crippen molar-refractivity contribution in [2.45, 2.75) is 6.92 Å². The molecule has 0 saturated carbocycles. The van der Waals surface area contributed by atoms with Gasteiger partial charge < -0.3 is 16.4 Å². The summed E-state index contributed by atoms with van der Waals surface area (Å²) in [6.07, 6.45) is 1.60. The summed E-state index contributed by atoms with van der Waals surface area (Å²) < 4.78 is 0. The molecule has 104 valence electrons. The maximum Gasteiger partial charge on any atom is 0.255 e. The van der Waals surface area contributed by atoms with Crippen molar-refractivity contribution in [2.75, 3.05) is 23.7 Å². The molecule has 2 aromatic rings. The van der Waals surface area contributed by atoms with E-state index in [1.807, 2.05) is 31.2 Å². The van der Waals surface area contributed by atoms with Gasteiger partial charge in [0, 0.05) is 30.5 Å². The zero-order valence-electron chi connectivity index (χ0n) is 11.4. The van der Waals surface area contributed by atoms with Crippen LogP contribution in [-0.2, 0) is 0 Å². The van der Waals surface area contributed by atoms with Gasteiger partial charge in [-0.1, -0.05) is 12.1 Å². The van der Waals surface area contributed by atoms with Crippen LogP contribution in [0.15, 0.2) is 42.6 Å². The summed E-state index contributed by atoms with van der Waals surface area (Å²) in [6.45, 7) is 3.12. The Labute approximate surface area is 118 Å². The molecule has 20 heavy (non-hydrogen) atoms. The highest BCUT2D eigenvalue weighted by Crippen LogP contribution is 2.13. The largest absolute Gasteiger partial charge is 0.369 e. The topological polar surface area (TPSA) is 80.0 Å². The number of aromatic nitrogens is 1. The number of carbonyl (C=O) groups is 1. The Morgan fingerprint density at radius 3 is 2.90 bits per heavy atom. The lowest BCUT2D eigenvalue weighted by Gasteiger charge is -2.08. The highest BCUT2D eigenvalue weighted by molar-refractivity contribution is 6.04. The third kappa shape index (κ3) is 3.80. The zero-order valence-corrected chi connectivity index (χ0v) is 11.4. The number of amides is 1. The van der Waals surface area contributed by atoms with Gasteiger partial charge in [0.25, 0.3) is 5.91 Å². The van der Waals surface area contributed by atoms with Gasteiger partial charge in [-0.15, -0.1) is 0 Å². The molecule has 4 N–H and O–H groups in total. The number of nitrogens with one attached hydrogen (secondary N) is 2. The second kappa shape index (κ2) is 6.68. The van der Waals surface area contributed by atoms with E-state index in [-0.39, 0.29) is 5.91 Å². The first kappa shape index (κ1) is 14.0. The molecule has 0 aliphatic heterocycles. The Balaban J connectivity index is 2.09. The van der Waals surface area contributed by atoms with E-state index in [1.165, 1.54) is 0 Å². The van der Waals surface area contributed by atoms with E-state index < -0.39 is 0 Å². The Hall–Kier alpha value is -2.40. The van der Waals surface area contributed by atoms with Gasteiger partial charge in [-0.05, 0) is 36.8 Å². The van der Waals surface area contributed by atoms with Crippen LogP contribution in [0.2, 0.25) is 0 Å². The fraction of sp³-hybridized carbons (Fsp3) is 0.200. The summed E-state index contributed by atoms with van der Waals surface area (Å²) in [4.78, 5) is 16.3. The summed E-state index contributed by atoms with van der Waals surface area (Å²) in [5, 5.41) is 5.91. The molecule has 1 heterocycles. The standard InChI is InChI=1S/C15H18N4O/c1-11-3-2-4-13(9-11)19-15(20)12-5-7-17-14(10-12)18-8-6-16/h2-5,7,9-10H,6,8,16H2,1H3,(H,17,18)(H,19,20). The number of benzene rings is 1. The Morgan fingerprint density at radius 2 is 2.15 bits per heavy atom. The molecule has 0 fully saturated rings. The van der Waals surface area contributed by atoms with E-state index in [0.29, 0.717) is 24.5 Å². The van der Waals surface area contributed by atoms with Gasteiger partial charge >= 0.3 is 0 Å². The molecule has 5 nitrogen and oxygen atoms in total.